The molecule has 3 rings (SSSR count). The molecule has 0 aliphatic rings. The van der Waals surface area contributed by atoms with E-state index in [9.17, 15) is 13.2 Å². The molecule has 0 radical (unpaired) electrons. The third-order valence-corrected chi connectivity index (χ3v) is 4.60. The predicted octanol–water partition coefficient (Wildman–Crippen LogP) is 7.29. The average molecular weight is 459 g/mol. The van der Waals surface area contributed by atoms with Crippen molar-refractivity contribution in [2.75, 3.05) is 10.6 Å². The van der Waals surface area contributed by atoms with E-state index in [0.29, 0.717) is 23.0 Å². The molecular formula is C25H29F3N4O. The van der Waals surface area contributed by atoms with Crippen molar-refractivity contribution in [3.05, 3.63) is 60.2 Å². The molecule has 176 valence electrons. The fourth-order valence-electron chi connectivity index (χ4n) is 3.10. The lowest BCUT2D eigenvalue weighted by molar-refractivity contribution is -0.274. The first-order valence-electron chi connectivity index (χ1n) is 10.6. The molecule has 5 nitrogen and oxygen atoms in total. The highest BCUT2D eigenvalue weighted by atomic mass is 19.4. The summed E-state index contributed by atoms with van der Waals surface area (Å²) in [7, 11) is 0. The molecule has 1 heterocycles. The summed E-state index contributed by atoms with van der Waals surface area (Å²) in [6.07, 6.45) is -4.77. The number of aromatic nitrogens is 2. The highest BCUT2D eigenvalue weighted by molar-refractivity contribution is 5.68. The quantitative estimate of drug-likeness (QED) is 0.420. The van der Waals surface area contributed by atoms with Gasteiger partial charge in [-0.2, -0.15) is 4.98 Å². The summed E-state index contributed by atoms with van der Waals surface area (Å²) >= 11 is 0. The van der Waals surface area contributed by atoms with E-state index in [0.717, 1.165) is 5.69 Å². The number of nitrogens with zero attached hydrogens (tertiary/aromatic N) is 2. The van der Waals surface area contributed by atoms with Gasteiger partial charge in [0.25, 0.3) is 0 Å². The summed E-state index contributed by atoms with van der Waals surface area (Å²) < 4.78 is 42.1. The maximum Gasteiger partial charge on any atom is 0.573 e. The maximum atomic E-state index is 12.7. The first-order valence-corrected chi connectivity index (χ1v) is 10.6. The summed E-state index contributed by atoms with van der Waals surface area (Å²) in [5, 5.41) is 6.50. The Morgan fingerprint density at radius 1 is 0.818 bits per heavy atom. The van der Waals surface area contributed by atoms with Crippen LogP contribution in [0.2, 0.25) is 0 Å². The average Bonchev–Trinajstić information content (AvgIpc) is 2.65. The number of benzene rings is 2. The van der Waals surface area contributed by atoms with Crippen LogP contribution in [0.15, 0.2) is 54.6 Å². The number of rotatable bonds is 5. The second-order valence-electron chi connectivity index (χ2n) is 9.87. The lowest BCUT2D eigenvalue weighted by Crippen LogP contribution is -2.27. The van der Waals surface area contributed by atoms with Gasteiger partial charge in [-0.3, -0.25) is 0 Å². The van der Waals surface area contributed by atoms with E-state index in [1.54, 1.807) is 12.1 Å². The summed E-state index contributed by atoms with van der Waals surface area (Å²) in [5.41, 5.74) is 2.69. The van der Waals surface area contributed by atoms with Gasteiger partial charge >= 0.3 is 6.36 Å². The Hall–Kier alpha value is -3.29. The van der Waals surface area contributed by atoms with Crippen LogP contribution in [0.1, 0.15) is 47.1 Å². The summed E-state index contributed by atoms with van der Waals surface area (Å²) in [5.74, 6) is 0.560. The van der Waals surface area contributed by atoms with Crippen molar-refractivity contribution in [1.82, 2.24) is 9.97 Å². The molecule has 0 atom stereocenters. The van der Waals surface area contributed by atoms with E-state index >= 15 is 0 Å². The van der Waals surface area contributed by atoms with Gasteiger partial charge in [0, 0.05) is 22.9 Å². The third-order valence-electron chi connectivity index (χ3n) is 4.60. The monoisotopic (exact) mass is 458 g/mol. The number of nitrogens with one attached hydrogen (secondary N) is 2. The van der Waals surface area contributed by atoms with Gasteiger partial charge in [-0.05, 0) is 56.0 Å². The molecule has 33 heavy (non-hydrogen) atoms. The van der Waals surface area contributed by atoms with E-state index < -0.39 is 6.36 Å². The van der Waals surface area contributed by atoms with Crippen LogP contribution in [-0.4, -0.2) is 21.9 Å². The number of ether oxygens (including phenoxy) is 1. The highest BCUT2D eigenvalue weighted by Crippen LogP contribution is 2.30. The van der Waals surface area contributed by atoms with Crippen LogP contribution < -0.4 is 15.4 Å². The number of hydrogen-bond donors (Lipinski definition) is 2. The van der Waals surface area contributed by atoms with Gasteiger partial charge in [0.1, 0.15) is 11.6 Å². The SMILES string of the molecule is CC(C)(C)Nc1nc(Nc2ccc(C(C)(C)C)cc2)cc(-c2cccc(OC(F)(F)F)c2)n1. The van der Waals surface area contributed by atoms with E-state index in [4.69, 9.17) is 0 Å². The molecule has 1 aromatic heterocycles. The normalized spacial score (nSPS) is 12.4. The Labute approximate surface area is 192 Å². The number of hydrogen-bond acceptors (Lipinski definition) is 5. The molecule has 2 aromatic carbocycles. The molecular weight excluding hydrogens is 429 g/mol. The van der Waals surface area contributed by atoms with Crippen molar-refractivity contribution in [3.63, 3.8) is 0 Å². The first kappa shape index (κ1) is 24.4. The predicted molar refractivity (Wildman–Crippen MR) is 126 cm³/mol. The van der Waals surface area contributed by atoms with Crippen LogP contribution in [-0.2, 0) is 5.41 Å². The number of halogens is 3. The Morgan fingerprint density at radius 3 is 2.06 bits per heavy atom. The van der Waals surface area contributed by atoms with Crippen LogP contribution in [0.4, 0.5) is 30.6 Å². The molecule has 0 saturated heterocycles. The molecule has 0 bridgehead atoms. The summed E-state index contributed by atoms with van der Waals surface area (Å²) in [6.45, 7) is 12.4. The van der Waals surface area contributed by atoms with E-state index in [1.807, 2.05) is 32.9 Å². The molecule has 8 heteroatoms. The van der Waals surface area contributed by atoms with Crippen molar-refractivity contribution in [1.29, 1.82) is 0 Å². The van der Waals surface area contributed by atoms with Crippen LogP contribution in [0, 0.1) is 0 Å². The zero-order valence-electron chi connectivity index (χ0n) is 19.6. The van der Waals surface area contributed by atoms with Crippen molar-refractivity contribution >= 4 is 17.5 Å². The fourth-order valence-corrected chi connectivity index (χ4v) is 3.10. The molecule has 3 aromatic rings. The summed E-state index contributed by atoms with van der Waals surface area (Å²) in [4.78, 5) is 9.06. The molecule has 0 unspecified atom stereocenters. The van der Waals surface area contributed by atoms with E-state index in [-0.39, 0.29) is 16.7 Å². The topological polar surface area (TPSA) is 59.1 Å². The highest BCUT2D eigenvalue weighted by Gasteiger charge is 2.31. The Morgan fingerprint density at radius 2 is 1.48 bits per heavy atom. The van der Waals surface area contributed by atoms with Crippen molar-refractivity contribution in [2.45, 2.75) is 58.9 Å². The van der Waals surface area contributed by atoms with Gasteiger partial charge in [-0.1, -0.05) is 45.0 Å². The summed E-state index contributed by atoms with van der Waals surface area (Å²) in [6, 6.07) is 15.5. The fraction of sp³-hybridized carbons (Fsp3) is 0.360. The Balaban J connectivity index is 1.97. The minimum Gasteiger partial charge on any atom is -0.406 e. The zero-order chi connectivity index (χ0) is 24.4. The third kappa shape index (κ3) is 7.37. The van der Waals surface area contributed by atoms with Gasteiger partial charge in [0.15, 0.2) is 0 Å². The van der Waals surface area contributed by atoms with Crippen molar-refractivity contribution in [3.8, 4) is 17.0 Å². The second-order valence-corrected chi connectivity index (χ2v) is 9.87. The van der Waals surface area contributed by atoms with Gasteiger partial charge in [0.2, 0.25) is 5.95 Å². The van der Waals surface area contributed by atoms with E-state index in [1.165, 1.54) is 23.8 Å². The molecule has 0 aliphatic carbocycles. The smallest absolute Gasteiger partial charge is 0.406 e. The van der Waals surface area contributed by atoms with Crippen molar-refractivity contribution in [2.24, 2.45) is 0 Å². The zero-order valence-corrected chi connectivity index (χ0v) is 19.6. The largest absolute Gasteiger partial charge is 0.573 e. The minimum absolute atomic E-state index is 0.0356. The van der Waals surface area contributed by atoms with Gasteiger partial charge in [-0.15, -0.1) is 13.2 Å². The van der Waals surface area contributed by atoms with Crippen LogP contribution in [0.25, 0.3) is 11.3 Å². The Bertz CT molecular complexity index is 1100. The lowest BCUT2D eigenvalue weighted by Gasteiger charge is -2.22. The van der Waals surface area contributed by atoms with Crippen LogP contribution >= 0.6 is 0 Å². The molecule has 0 fully saturated rings. The first-order chi connectivity index (χ1) is 15.2. The van der Waals surface area contributed by atoms with Crippen molar-refractivity contribution < 1.29 is 17.9 Å². The molecule has 2 N–H and O–H groups in total. The van der Waals surface area contributed by atoms with Crippen LogP contribution in [0.3, 0.4) is 0 Å². The number of alkyl halides is 3. The van der Waals surface area contributed by atoms with Gasteiger partial charge in [0.05, 0.1) is 5.69 Å². The van der Waals surface area contributed by atoms with Gasteiger partial charge < -0.3 is 15.4 Å². The molecule has 0 spiro atoms. The standard InChI is InChI=1S/C25H29F3N4O/c1-23(2,3)17-10-12-18(13-11-17)29-21-15-20(30-22(31-21)32-24(4,5)6)16-8-7-9-19(14-16)33-25(26,27)28/h7-15H,1-6H3,(H2,29,30,31,32). The van der Waals surface area contributed by atoms with Crippen LogP contribution in [0.5, 0.6) is 5.75 Å². The maximum absolute atomic E-state index is 12.7. The minimum atomic E-state index is -4.77. The Kier molecular flexibility index (Phi) is 6.58. The molecule has 0 amide bonds. The van der Waals surface area contributed by atoms with Gasteiger partial charge in [-0.25, -0.2) is 4.98 Å². The van der Waals surface area contributed by atoms with E-state index in [2.05, 4.69) is 58.2 Å². The molecule has 0 saturated carbocycles. The number of anilines is 3. The molecule has 0 aliphatic heterocycles. The second kappa shape index (κ2) is 8.92. The lowest BCUT2D eigenvalue weighted by atomic mass is 9.87.